The Labute approximate surface area is 143 Å². The highest BCUT2D eigenvalue weighted by Gasteiger charge is 2.34. The summed E-state index contributed by atoms with van der Waals surface area (Å²) >= 11 is 6.51. The summed E-state index contributed by atoms with van der Waals surface area (Å²) in [5, 5.41) is 5.52. The van der Waals surface area contributed by atoms with Gasteiger partial charge < -0.3 is 15.4 Å². The normalized spacial score (nSPS) is 17.8. The zero-order valence-corrected chi connectivity index (χ0v) is 14.8. The Morgan fingerprint density at radius 3 is 2.77 bits per heavy atom. The molecule has 2 amide bonds. The summed E-state index contributed by atoms with van der Waals surface area (Å²) in [5.74, 6) is -0.955. The number of esters is 1. The molecule has 8 heteroatoms. The molecule has 0 saturated heterocycles. The van der Waals surface area contributed by atoms with E-state index in [4.69, 9.17) is 4.74 Å². The molecule has 0 bridgehead atoms. The fourth-order valence-corrected chi connectivity index (χ4v) is 3.16. The molecule has 1 unspecified atom stereocenters. The minimum absolute atomic E-state index is 0.211. The smallest absolute Gasteiger partial charge is 0.338 e. The second-order valence-corrected chi connectivity index (χ2v) is 5.86. The van der Waals surface area contributed by atoms with Crippen LogP contribution in [0, 0.1) is 5.82 Å². The fraction of sp³-hybridized carbons (Fsp3) is 0.286. The highest BCUT2D eigenvalue weighted by molar-refractivity contribution is 9.10. The fourth-order valence-electron chi connectivity index (χ4n) is 2.14. The van der Waals surface area contributed by atoms with E-state index in [1.807, 2.05) is 0 Å². The van der Waals surface area contributed by atoms with Gasteiger partial charge in [-0.15, -0.1) is 0 Å². The van der Waals surface area contributed by atoms with Gasteiger partial charge in [-0.05, 0) is 24.6 Å². The molecule has 0 aromatic heterocycles. The second kappa shape index (κ2) is 7.23. The Bertz CT molecular complexity index is 649. The first-order valence-corrected chi connectivity index (χ1v) is 8.38. The Morgan fingerprint density at radius 1 is 1.45 bits per heavy atom. The van der Waals surface area contributed by atoms with Crippen molar-refractivity contribution < 1.29 is 18.7 Å². The highest BCUT2D eigenvalue weighted by Crippen LogP contribution is 2.33. The third-order valence-electron chi connectivity index (χ3n) is 3.06. The van der Waals surface area contributed by atoms with Gasteiger partial charge in [-0.2, -0.15) is 0 Å². The third-order valence-corrected chi connectivity index (χ3v) is 4.30. The van der Waals surface area contributed by atoms with E-state index >= 15 is 0 Å². The van der Waals surface area contributed by atoms with Gasteiger partial charge in [-0.3, -0.25) is 0 Å². The first kappa shape index (κ1) is 17.0. The van der Waals surface area contributed by atoms with Crippen LogP contribution in [0.5, 0.6) is 0 Å². The van der Waals surface area contributed by atoms with Gasteiger partial charge >= 0.3 is 12.0 Å². The van der Waals surface area contributed by atoms with Gasteiger partial charge in [0, 0.05) is 15.5 Å². The summed E-state index contributed by atoms with van der Waals surface area (Å²) in [7, 11) is 0. The van der Waals surface area contributed by atoms with Crippen LogP contribution in [-0.4, -0.2) is 23.9 Å². The van der Waals surface area contributed by atoms with Crippen LogP contribution in [0.25, 0.3) is 0 Å². The van der Waals surface area contributed by atoms with Gasteiger partial charge in [0.05, 0.1) is 18.2 Å². The van der Waals surface area contributed by atoms with Crippen LogP contribution in [0.2, 0.25) is 0 Å². The zero-order valence-electron chi connectivity index (χ0n) is 11.6. The maximum Gasteiger partial charge on any atom is 0.338 e. The largest absolute Gasteiger partial charge is 0.463 e. The number of halogens is 3. The van der Waals surface area contributed by atoms with Crippen molar-refractivity contribution >= 4 is 43.9 Å². The number of rotatable bonds is 4. The Kier molecular flexibility index (Phi) is 5.57. The number of alkyl halides is 1. The van der Waals surface area contributed by atoms with E-state index in [2.05, 4.69) is 42.5 Å². The molecule has 22 heavy (non-hydrogen) atoms. The number of allylic oxidation sites excluding steroid dienone is 1. The first-order valence-electron chi connectivity index (χ1n) is 6.46. The highest BCUT2D eigenvalue weighted by atomic mass is 79.9. The quantitative estimate of drug-likeness (QED) is 0.563. The van der Waals surface area contributed by atoms with Crippen molar-refractivity contribution in [3.05, 3.63) is 45.3 Å². The maximum absolute atomic E-state index is 13.3. The number of urea groups is 1. The summed E-state index contributed by atoms with van der Waals surface area (Å²) < 4.78 is 18.8. The number of hydrogen-bond donors (Lipinski definition) is 2. The molecule has 118 valence electrons. The lowest BCUT2D eigenvalue weighted by atomic mass is 9.95. The van der Waals surface area contributed by atoms with E-state index in [0.29, 0.717) is 15.7 Å². The van der Waals surface area contributed by atoms with Gasteiger partial charge in [0.2, 0.25) is 0 Å². The lowest BCUT2D eigenvalue weighted by Crippen LogP contribution is -2.46. The predicted molar refractivity (Wildman–Crippen MR) is 86.0 cm³/mol. The summed E-state index contributed by atoms with van der Waals surface area (Å²) in [4.78, 5) is 24.1. The number of carbonyl (C=O) groups excluding carboxylic acids is 2. The molecule has 1 aliphatic rings. The van der Waals surface area contributed by atoms with Gasteiger partial charge in [0.15, 0.2) is 0 Å². The van der Waals surface area contributed by atoms with Gasteiger partial charge in [0.1, 0.15) is 5.82 Å². The number of carbonyl (C=O) groups is 2. The average Bonchev–Trinajstić information content (AvgIpc) is 2.46. The Balaban J connectivity index is 2.54. The molecule has 0 aliphatic carbocycles. The van der Waals surface area contributed by atoms with Crippen molar-refractivity contribution in [2.45, 2.75) is 13.0 Å². The van der Waals surface area contributed by atoms with Gasteiger partial charge in [-0.25, -0.2) is 14.0 Å². The van der Waals surface area contributed by atoms with Gasteiger partial charge in [0.25, 0.3) is 0 Å². The molecular weight excluding hydrogens is 423 g/mol. The van der Waals surface area contributed by atoms with Crippen molar-refractivity contribution in [2.24, 2.45) is 0 Å². The van der Waals surface area contributed by atoms with Crippen molar-refractivity contribution in [3.8, 4) is 0 Å². The third kappa shape index (κ3) is 3.49. The molecule has 0 spiro atoms. The average molecular weight is 436 g/mol. The minimum atomic E-state index is -0.727. The molecule has 2 N–H and O–H groups in total. The summed E-state index contributed by atoms with van der Waals surface area (Å²) in [5.41, 5.74) is 1.27. The molecule has 1 atom stereocenters. The van der Waals surface area contributed by atoms with Crippen molar-refractivity contribution in [3.63, 3.8) is 0 Å². The first-order chi connectivity index (χ1) is 10.5. The van der Waals surface area contributed by atoms with E-state index in [1.165, 1.54) is 18.2 Å². The standard InChI is InChI=1S/C14H13Br2FN2O3/c1-2-22-13(20)11-10(6-15)18-14(21)19-12(11)8-4-3-7(17)5-9(8)16/h3-5,12H,2,6H2,1H3,(H2,18,19,21). The van der Waals surface area contributed by atoms with Crippen LogP contribution < -0.4 is 10.6 Å². The van der Waals surface area contributed by atoms with Crippen LogP contribution >= 0.6 is 31.9 Å². The van der Waals surface area contributed by atoms with Crippen molar-refractivity contribution in [2.75, 3.05) is 11.9 Å². The van der Waals surface area contributed by atoms with Crippen LogP contribution in [-0.2, 0) is 9.53 Å². The van der Waals surface area contributed by atoms with Crippen LogP contribution in [0.4, 0.5) is 9.18 Å². The van der Waals surface area contributed by atoms with E-state index in [9.17, 15) is 14.0 Å². The lowest BCUT2D eigenvalue weighted by molar-refractivity contribution is -0.139. The molecule has 1 aliphatic heterocycles. The van der Waals surface area contributed by atoms with Crippen molar-refractivity contribution in [1.29, 1.82) is 0 Å². The number of ether oxygens (including phenoxy) is 1. The Morgan fingerprint density at radius 2 is 2.18 bits per heavy atom. The molecule has 5 nitrogen and oxygen atoms in total. The summed E-state index contributed by atoms with van der Waals surface area (Å²) in [6, 6.07) is 2.89. The Hall–Kier alpha value is -1.41. The van der Waals surface area contributed by atoms with Crippen LogP contribution in [0.15, 0.2) is 33.9 Å². The summed E-state index contributed by atoms with van der Waals surface area (Å²) in [6.07, 6.45) is 0. The van der Waals surface area contributed by atoms with Crippen LogP contribution in [0.1, 0.15) is 18.5 Å². The number of nitrogens with one attached hydrogen (secondary N) is 2. The van der Waals surface area contributed by atoms with E-state index in [-0.39, 0.29) is 17.5 Å². The molecule has 1 aromatic rings. The molecule has 0 fully saturated rings. The summed E-state index contributed by atoms with van der Waals surface area (Å²) in [6.45, 7) is 1.91. The number of amides is 2. The minimum Gasteiger partial charge on any atom is -0.463 e. The molecular formula is C14H13Br2FN2O3. The number of hydrogen-bond acceptors (Lipinski definition) is 3. The van der Waals surface area contributed by atoms with Crippen LogP contribution in [0.3, 0.4) is 0 Å². The molecule has 1 aromatic carbocycles. The SMILES string of the molecule is CCOC(=O)C1=C(CBr)NC(=O)NC1c1ccc(F)cc1Br. The maximum atomic E-state index is 13.3. The van der Waals surface area contributed by atoms with E-state index in [1.54, 1.807) is 6.92 Å². The molecule has 0 radical (unpaired) electrons. The second-order valence-electron chi connectivity index (χ2n) is 4.44. The van der Waals surface area contributed by atoms with Crippen molar-refractivity contribution in [1.82, 2.24) is 10.6 Å². The molecule has 2 rings (SSSR count). The van der Waals surface area contributed by atoms with Gasteiger partial charge in [-0.1, -0.05) is 37.9 Å². The lowest BCUT2D eigenvalue weighted by Gasteiger charge is -2.29. The topological polar surface area (TPSA) is 67.4 Å². The number of benzene rings is 1. The molecule has 1 heterocycles. The van der Waals surface area contributed by atoms with E-state index < -0.39 is 23.9 Å². The molecule has 0 saturated carbocycles. The predicted octanol–water partition coefficient (Wildman–Crippen LogP) is 3.15. The monoisotopic (exact) mass is 434 g/mol. The van der Waals surface area contributed by atoms with E-state index in [0.717, 1.165) is 0 Å². The zero-order chi connectivity index (χ0) is 16.3.